The van der Waals surface area contributed by atoms with Gasteiger partial charge in [0.25, 0.3) is 0 Å². The summed E-state index contributed by atoms with van der Waals surface area (Å²) in [5.74, 6) is 2.39. The number of halogens is 1. The van der Waals surface area contributed by atoms with Crippen molar-refractivity contribution in [2.45, 2.75) is 39.5 Å². The lowest BCUT2D eigenvalue weighted by Crippen LogP contribution is -2.35. The van der Waals surface area contributed by atoms with Gasteiger partial charge in [-0.15, -0.1) is 0 Å². The molecule has 0 radical (unpaired) electrons. The highest BCUT2D eigenvalue weighted by Crippen LogP contribution is 2.27. The molecule has 1 fully saturated rings. The quantitative estimate of drug-likeness (QED) is 0.450. The molecule has 1 saturated heterocycles. The summed E-state index contributed by atoms with van der Waals surface area (Å²) in [5, 5.41) is 4.91. The van der Waals surface area contributed by atoms with Crippen molar-refractivity contribution in [2.24, 2.45) is 5.92 Å². The lowest BCUT2D eigenvalue weighted by molar-refractivity contribution is 0.0992. The molecule has 3 aromatic heterocycles. The van der Waals surface area contributed by atoms with Crippen LogP contribution in [0.15, 0.2) is 36.8 Å². The SMILES string of the molecule is COCCC1CCN(c2ncc(CC(=O)c3cnn(-c4ccc(Cl)cn4)c3C)cc2C)CC1. The number of ether oxygens (including phenoxy) is 1. The van der Waals surface area contributed by atoms with Crippen LogP contribution >= 0.6 is 11.6 Å². The number of Topliss-reactive ketones (excluding diaryl/α,β-unsaturated/α-hetero) is 1. The fourth-order valence-corrected chi connectivity index (χ4v) is 4.57. The number of piperidine rings is 1. The number of carbonyl (C=O) groups is 1. The zero-order valence-electron chi connectivity index (χ0n) is 19.4. The number of hydrogen-bond donors (Lipinski definition) is 0. The minimum Gasteiger partial charge on any atom is -0.385 e. The third-order valence-electron chi connectivity index (χ3n) is 6.36. The molecule has 0 saturated carbocycles. The van der Waals surface area contributed by atoms with Crippen LogP contribution in [0.5, 0.6) is 0 Å². The molecular formula is C25H30ClN5O2. The fraction of sp³-hybridized carbons (Fsp3) is 0.440. The molecule has 0 N–H and O–H groups in total. The number of ketones is 1. The molecule has 0 amide bonds. The van der Waals surface area contributed by atoms with Crippen molar-refractivity contribution in [3.05, 3.63) is 64.2 Å². The van der Waals surface area contributed by atoms with Crippen LogP contribution in [0.3, 0.4) is 0 Å². The molecule has 8 heteroatoms. The highest BCUT2D eigenvalue weighted by Gasteiger charge is 2.22. The van der Waals surface area contributed by atoms with Crippen LogP contribution in [-0.2, 0) is 11.2 Å². The Bertz CT molecular complexity index is 1100. The Kier molecular flexibility index (Phi) is 7.40. The summed E-state index contributed by atoms with van der Waals surface area (Å²) < 4.78 is 6.88. The van der Waals surface area contributed by atoms with E-state index in [1.165, 1.54) is 0 Å². The third kappa shape index (κ3) is 5.42. The van der Waals surface area contributed by atoms with Crippen molar-refractivity contribution in [2.75, 3.05) is 31.7 Å². The molecular weight excluding hydrogens is 438 g/mol. The van der Waals surface area contributed by atoms with Gasteiger partial charge in [0.1, 0.15) is 5.82 Å². The van der Waals surface area contributed by atoms with Gasteiger partial charge in [-0.05, 0) is 62.3 Å². The van der Waals surface area contributed by atoms with Crippen LogP contribution in [0.4, 0.5) is 5.82 Å². The van der Waals surface area contributed by atoms with Crippen LogP contribution in [0.25, 0.3) is 5.82 Å². The maximum Gasteiger partial charge on any atom is 0.170 e. The third-order valence-corrected chi connectivity index (χ3v) is 6.58. The first-order valence-corrected chi connectivity index (χ1v) is 11.7. The Balaban J connectivity index is 1.41. The van der Waals surface area contributed by atoms with E-state index in [1.54, 1.807) is 36.3 Å². The summed E-state index contributed by atoms with van der Waals surface area (Å²) in [6, 6.07) is 5.62. The van der Waals surface area contributed by atoms with Gasteiger partial charge in [-0.2, -0.15) is 5.10 Å². The molecule has 0 atom stereocenters. The molecule has 0 bridgehead atoms. The number of carbonyl (C=O) groups excluding carboxylic acids is 1. The first kappa shape index (κ1) is 23.4. The summed E-state index contributed by atoms with van der Waals surface area (Å²) >= 11 is 5.92. The van der Waals surface area contributed by atoms with Crippen LogP contribution in [0.1, 0.15) is 46.4 Å². The van der Waals surface area contributed by atoms with E-state index < -0.39 is 0 Å². The van der Waals surface area contributed by atoms with Crippen molar-refractivity contribution >= 4 is 23.2 Å². The molecule has 0 spiro atoms. The Morgan fingerprint density at radius 3 is 2.61 bits per heavy atom. The molecule has 0 aromatic carbocycles. The molecule has 0 unspecified atom stereocenters. The van der Waals surface area contributed by atoms with Gasteiger partial charge >= 0.3 is 0 Å². The average molecular weight is 468 g/mol. The number of aromatic nitrogens is 4. The van der Waals surface area contributed by atoms with E-state index in [0.29, 0.717) is 16.4 Å². The maximum absolute atomic E-state index is 13.0. The van der Waals surface area contributed by atoms with E-state index in [1.807, 2.05) is 13.1 Å². The maximum atomic E-state index is 13.0. The van der Waals surface area contributed by atoms with Crippen molar-refractivity contribution in [3.8, 4) is 5.82 Å². The van der Waals surface area contributed by atoms with Crippen LogP contribution in [0, 0.1) is 19.8 Å². The second-order valence-electron chi connectivity index (χ2n) is 8.69. The minimum atomic E-state index is 0.0145. The predicted molar refractivity (Wildman–Crippen MR) is 130 cm³/mol. The molecule has 33 heavy (non-hydrogen) atoms. The Hall–Kier alpha value is -2.77. The van der Waals surface area contributed by atoms with Crippen LogP contribution < -0.4 is 4.90 Å². The number of pyridine rings is 2. The van der Waals surface area contributed by atoms with Gasteiger partial charge in [-0.1, -0.05) is 17.7 Å². The van der Waals surface area contributed by atoms with Crippen LogP contribution in [0.2, 0.25) is 5.02 Å². The number of nitrogens with zero attached hydrogens (tertiary/aromatic N) is 5. The lowest BCUT2D eigenvalue weighted by Gasteiger charge is -2.33. The van der Waals surface area contributed by atoms with Gasteiger partial charge in [0.2, 0.25) is 0 Å². The van der Waals surface area contributed by atoms with Crippen molar-refractivity contribution in [1.29, 1.82) is 0 Å². The van der Waals surface area contributed by atoms with Gasteiger partial charge < -0.3 is 9.64 Å². The lowest BCUT2D eigenvalue weighted by atomic mass is 9.93. The van der Waals surface area contributed by atoms with E-state index in [4.69, 9.17) is 21.3 Å². The second-order valence-corrected chi connectivity index (χ2v) is 9.12. The van der Waals surface area contributed by atoms with Crippen molar-refractivity contribution in [1.82, 2.24) is 19.7 Å². The van der Waals surface area contributed by atoms with Gasteiger partial charge in [0.05, 0.1) is 22.5 Å². The Morgan fingerprint density at radius 2 is 1.94 bits per heavy atom. The molecule has 4 heterocycles. The number of anilines is 1. The summed E-state index contributed by atoms with van der Waals surface area (Å²) in [4.78, 5) is 24.4. The van der Waals surface area contributed by atoms with Gasteiger partial charge in [-0.25, -0.2) is 14.6 Å². The van der Waals surface area contributed by atoms with Crippen molar-refractivity contribution in [3.63, 3.8) is 0 Å². The molecule has 3 aromatic rings. The zero-order chi connectivity index (χ0) is 23.4. The summed E-state index contributed by atoms with van der Waals surface area (Å²) in [6.45, 7) is 6.80. The fourth-order valence-electron chi connectivity index (χ4n) is 4.46. The molecule has 1 aliphatic heterocycles. The summed E-state index contributed by atoms with van der Waals surface area (Å²) in [5.41, 5.74) is 3.36. The van der Waals surface area contributed by atoms with E-state index >= 15 is 0 Å². The molecule has 174 valence electrons. The number of aryl methyl sites for hydroxylation is 1. The van der Waals surface area contributed by atoms with Gasteiger partial charge in [0.15, 0.2) is 11.6 Å². The largest absolute Gasteiger partial charge is 0.385 e. The molecule has 0 aliphatic carbocycles. The highest BCUT2D eigenvalue weighted by molar-refractivity contribution is 6.30. The molecule has 1 aliphatic rings. The van der Waals surface area contributed by atoms with Gasteiger partial charge in [0, 0.05) is 45.6 Å². The number of methoxy groups -OCH3 is 1. The van der Waals surface area contributed by atoms with E-state index in [2.05, 4.69) is 28.0 Å². The Labute approximate surface area is 199 Å². The van der Waals surface area contributed by atoms with Gasteiger partial charge in [-0.3, -0.25) is 4.79 Å². The first-order valence-electron chi connectivity index (χ1n) is 11.4. The number of rotatable bonds is 8. The topological polar surface area (TPSA) is 73.1 Å². The monoisotopic (exact) mass is 467 g/mol. The van der Waals surface area contributed by atoms with Crippen molar-refractivity contribution < 1.29 is 9.53 Å². The number of hydrogen-bond acceptors (Lipinski definition) is 6. The molecule has 4 rings (SSSR count). The van der Waals surface area contributed by atoms with Crippen LogP contribution in [-0.4, -0.2) is 52.3 Å². The summed E-state index contributed by atoms with van der Waals surface area (Å²) in [6.07, 6.45) is 8.74. The van der Waals surface area contributed by atoms with E-state index in [9.17, 15) is 4.79 Å². The predicted octanol–water partition coefficient (Wildman–Crippen LogP) is 4.61. The first-order chi connectivity index (χ1) is 16.0. The van der Waals surface area contributed by atoms with E-state index in [0.717, 1.165) is 67.5 Å². The zero-order valence-corrected chi connectivity index (χ0v) is 20.2. The van der Waals surface area contributed by atoms with E-state index in [-0.39, 0.29) is 12.2 Å². The average Bonchev–Trinajstić information content (AvgIpc) is 3.20. The second kappa shape index (κ2) is 10.4. The minimum absolute atomic E-state index is 0.0145. The standard InChI is InChI=1S/C25H30ClN5O2/c1-17-12-20(14-28-25(17)30-9-6-19(7-10-30)8-11-33-3)13-23(32)22-16-29-31(18(22)2)24-5-4-21(26)15-27-24/h4-5,12,14-16,19H,6-11,13H2,1-3H3. The highest BCUT2D eigenvalue weighted by atomic mass is 35.5. The normalized spacial score (nSPS) is 14.6. The summed E-state index contributed by atoms with van der Waals surface area (Å²) in [7, 11) is 1.76. The smallest absolute Gasteiger partial charge is 0.170 e. The Morgan fingerprint density at radius 1 is 1.15 bits per heavy atom. The molecule has 7 nitrogen and oxygen atoms in total.